The first-order valence-corrected chi connectivity index (χ1v) is 19.1. The monoisotopic (exact) mass is 744 g/mol. The van der Waals surface area contributed by atoms with Gasteiger partial charge in [-0.2, -0.15) is 0 Å². The number of Topliss-reactive ketones (excluding diaryl/α,β-unsaturated/α-hetero) is 1. The number of anilines is 1. The van der Waals surface area contributed by atoms with Crippen LogP contribution in [0.25, 0.3) is 0 Å². The molecule has 0 aromatic heterocycles. The predicted octanol–water partition coefficient (Wildman–Crippen LogP) is 4.65. The zero-order valence-corrected chi connectivity index (χ0v) is 33.6. The van der Waals surface area contributed by atoms with Gasteiger partial charge in [-0.05, 0) is 91.6 Å². The number of aliphatic hydroxyl groups excluding tert-OH is 1. The number of likely N-dealkylation sites (N-methyl/N-ethyl adjacent to an activating group) is 1. The molecule has 2 fully saturated rings. The zero-order valence-electron chi connectivity index (χ0n) is 33.6. The van der Waals surface area contributed by atoms with Gasteiger partial charge in [0.2, 0.25) is 0 Å². The molecule has 0 spiro atoms. The summed E-state index contributed by atoms with van der Waals surface area (Å²) in [7, 11) is 5.40. The van der Waals surface area contributed by atoms with E-state index in [0.29, 0.717) is 37.1 Å². The van der Waals surface area contributed by atoms with Gasteiger partial charge >= 0.3 is 12.1 Å². The molecule has 3 heterocycles. The first kappa shape index (κ1) is 42.7. The number of cyclic esters (lactones) is 1. The number of carbonyl (C=O) groups is 3. The largest absolute Gasteiger partial charge is 0.455 e. The normalized spacial score (nSPS) is 38.5. The molecule has 0 aliphatic carbocycles. The van der Waals surface area contributed by atoms with Crippen molar-refractivity contribution < 1.29 is 43.2 Å². The van der Waals surface area contributed by atoms with E-state index in [0.717, 1.165) is 12.0 Å². The minimum Gasteiger partial charge on any atom is -0.455 e. The second kappa shape index (κ2) is 17.6. The van der Waals surface area contributed by atoms with E-state index >= 15 is 0 Å². The number of ketones is 1. The molecular formula is C40H64N4O9. The number of fused-ring (bicyclic) bond motifs is 1. The summed E-state index contributed by atoms with van der Waals surface area (Å²) in [5.41, 5.74) is 8.81. The summed E-state index contributed by atoms with van der Waals surface area (Å²) in [4.78, 5) is 44.0. The number of nitrogen functional groups attached to an aromatic ring is 1. The highest BCUT2D eigenvalue weighted by Gasteiger charge is 2.60. The Hall–Kier alpha value is -3.07. The molecule has 0 radical (unpaired) electrons. The van der Waals surface area contributed by atoms with Gasteiger partial charge in [0.15, 0.2) is 11.9 Å². The number of nitrogens with one attached hydrogen (secondary N) is 1. The van der Waals surface area contributed by atoms with Crippen molar-refractivity contribution in [3.8, 4) is 0 Å². The molecule has 298 valence electrons. The molecule has 1 aromatic rings. The Balaban J connectivity index is 1.69. The Morgan fingerprint density at radius 2 is 1.75 bits per heavy atom. The SMILES string of the molecule is CC[C@H]1OC(=O)/C(C)=C/[C@H](C)[C@@H](O[C@@H]2O[C@H](C)C[C@H](N(C)C)[C@H]2O)[C@@](C)(OC)C[C@@H](C)C(=O)[C@H](C)[C@H]2N(NCCCc3ccc(N)cc3)C(=O)O[C@]12C. The van der Waals surface area contributed by atoms with E-state index in [1.165, 1.54) is 5.01 Å². The number of esters is 1. The fourth-order valence-electron chi connectivity index (χ4n) is 8.61. The zero-order chi connectivity index (χ0) is 39.4. The Morgan fingerprint density at radius 3 is 2.36 bits per heavy atom. The quantitative estimate of drug-likeness (QED) is 0.173. The molecule has 3 aliphatic rings. The van der Waals surface area contributed by atoms with Crippen LogP contribution in [0.1, 0.15) is 86.6 Å². The maximum Gasteiger partial charge on any atom is 0.425 e. The van der Waals surface area contributed by atoms with Crippen LogP contribution >= 0.6 is 0 Å². The third-order valence-corrected chi connectivity index (χ3v) is 11.6. The second-order valence-electron chi connectivity index (χ2n) is 16.1. The number of hydrogen-bond acceptors (Lipinski definition) is 12. The van der Waals surface area contributed by atoms with Crippen LogP contribution in [0.4, 0.5) is 10.5 Å². The maximum atomic E-state index is 14.6. The molecule has 4 N–H and O–H groups in total. The van der Waals surface area contributed by atoms with Gasteiger partial charge in [0.1, 0.15) is 24.0 Å². The van der Waals surface area contributed by atoms with Crippen LogP contribution in [0.5, 0.6) is 0 Å². The summed E-state index contributed by atoms with van der Waals surface area (Å²) in [6.07, 6.45) is 0.0763. The molecule has 1 amide bonds. The summed E-state index contributed by atoms with van der Waals surface area (Å²) >= 11 is 0. The molecule has 0 saturated carbocycles. The lowest BCUT2D eigenvalue weighted by atomic mass is 9.74. The predicted molar refractivity (Wildman–Crippen MR) is 201 cm³/mol. The second-order valence-corrected chi connectivity index (χ2v) is 16.1. The minimum atomic E-state index is -1.35. The van der Waals surface area contributed by atoms with Crippen LogP contribution in [0.3, 0.4) is 0 Å². The van der Waals surface area contributed by atoms with Crippen LogP contribution in [0, 0.1) is 17.8 Å². The number of hydrazine groups is 1. The lowest BCUT2D eigenvalue weighted by molar-refractivity contribution is -0.294. The van der Waals surface area contributed by atoms with Crippen molar-refractivity contribution in [1.29, 1.82) is 0 Å². The van der Waals surface area contributed by atoms with Crippen molar-refractivity contribution in [1.82, 2.24) is 15.3 Å². The third kappa shape index (κ3) is 9.42. The van der Waals surface area contributed by atoms with Crippen LogP contribution in [0.15, 0.2) is 35.9 Å². The highest BCUT2D eigenvalue weighted by Crippen LogP contribution is 2.42. The van der Waals surface area contributed by atoms with E-state index in [9.17, 15) is 19.5 Å². The summed E-state index contributed by atoms with van der Waals surface area (Å²) < 4.78 is 31.3. The number of benzene rings is 1. The number of nitrogens with two attached hydrogens (primary N) is 1. The summed E-state index contributed by atoms with van der Waals surface area (Å²) in [6, 6.07) is 6.66. The van der Waals surface area contributed by atoms with Gasteiger partial charge < -0.3 is 39.4 Å². The molecule has 13 heteroatoms. The van der Waals surface area contributed by atoms with Gasteiger partial charge in [-0.1, -0.05) is 45.9 Å². The first-order chi connectivity index (χ1) is 24.9. The third-order valence-electron chi connectivity index (χ3n) is 11.6. The van der Waals surface area contributed by atoms with E-state index in [4.69, 9.17) is 29.4 Å². The van der Waals surface area contributed by atoms with E-state index < -0.39 is 71.7 Å². The Labute approximate surface area is 315 Å². The number of aliphatic hydroxyl groups is 1. The maximum absolute atomic E-state index is 14.6. The van der Waals surface area contributed by atoms with Gasteiger partial charge in [0.25, 0.3) is 0 Å². The molecule has 0 bridgehead atoms. The van der Waals surface area contributed by atoms with Crippen molar-refractivity contribution in [2.75, 3.05) is 33.5 Å². The van der Waals surface area contributed by atoms with Crippen molar-refractivity contribution in [2.45, 2.75) is 141 Å². The van der Waals surface area contributed by atoms with E-state index in [1.807, 2.05) is 77.9 Å². The Kier molecular flexibility index (Phi) is 14.2. The summed E-state index contributed by atoms with van der Waals surface area (Å²) in [5, 5.41) is 12.8. The van der Waals surface area contributed by atoms with Crippen molar-refractivity contribution in [2.24, 2.45) is 17.8 Å². The fourth-order valence-corrected chi connectivity index (χ4v) is 8.61. The van der Waals surface area contributed by atoms with Crippen molar-refractivity contribution in [3.05, 3.63) is 41.5 Å². The van der Waals surface area contributed by atoms with Crippen LogP contribution in [-0.4, -0.2) is 115 Å². The van der Waals surface area contributed by atoms with Gasteiger partial charge in [-0.3, -0.25) is 4.79 Å². The van der Waals surface area contributed by atoms with Gasteiger partial charge in [-0.25, -0.2) is 20.0 Å². The minimum absolute atomic E-state index is 0.108. The molecule has 3 aliphatic heterocycles. The molecule has 12 atom stereocenters. The number of carbonyl (C=O) groups excluding carboxylic acids is 3. The number of aryl methyl sites for hydroxylation is 1. The molecule has 1 aromatic carbocycles. The number of ether oxygens (including phenoxy) is 5. The Bertz CT molecular complexity index is 1460. The fraction of sp³-hybridized carbons (Fsp3) is 0.725. The smallest absolute Gasteiger partial charge is 0.425 e. The van der Waals surface area contributed by atoms with Gasteiger partial charge in [0, 0.05) is 48.7 Å². The molecule has 13 nitrogen and oxygen atoms in total. The van der Waals surface area contributed by atoms with Gasteiger partial charge in [-0.15, -0.1) is 0 Å². The van der Waals surface area contributed by atoms with Crippen molar-refractivity contribution >= 4 is 23.5 Å². The number of hydrogen-bond donors (Lipinski definition) is 3. The van der Waals surface area contributed by atoms with E-state index in [-0.39, 0.29) is 24.3 Å². The molecular weight excluding hydrogens is 680 g/mol. The lowest BCUT2D eigenvalue weighted by Gasteiger charge is -2.46. The average Bonchev–Trinajstić information content (AvgIpc) is 3.37. The van der Waals surface area contributed by atoms with Crippen LogP contribution < -0.4 is 11.2 Å². The highest BCUT2D eigenvalue weighted by molar-refractivity contribution is 5.88. The van der Waals surface area contributed by atoms with Crippen molar-refractivity contribution in [3.63, 3.8) is 0 Å². The molecule has 4 rings (SSSR count). The number of amides is 1. The standard InChI is InChI=1S/C40H64N4O9/c1-12-31-40(8)34(44(38(48)53-40)42-19-13-14-28-15-17-29(41)18-16-28)27(6)32(45)25(4)22-39(7,49-11)35(23(2)20-24(3)36(47)51-31)52-37-33(46)30(43(9)10)21-26(5)50-37/h15-18,20,23,25-27,30-31,33-35,37,42,46H,12-14,19,21-22,41H2,1-11H3/b24-20+/t23-,25+,26+,27-,30-,31+,33+,34+,35+,37-,39-,40+/m0/s1. The summed E-state index contributed by atoms with van der Waals surface area (Å²) in [6.45, 7) is 15.1. The molecule has 0 unspecified atom stereocenters. The van der Waals surface area contributed by atoms with Crippen LogP contribution in [-0.2, 0) is 39.7 Å². The molecule has 2 saturated heterocycles. The van der Waals surface area contributed by atoms with E-state index in [2.05, 4.69) is 5.43 Å². The topological polar surface area (TPSA) is 162 Å². The number of methoxy groups -OCH3 is 1. The first-order valence-electron chi connectivity index (χ1n) is 19.1. The Morgan fingerprint density at radius 1 is 1.09 bits per heavy atom. The van der Waals surface area contributed by atoms with E-state index in [1.54, 1.807) is 34.0 Å². The van der Waals surface area contributed by atoms with Crippen LogP contribution in [0.2, 0.25) is 0 Å². The van der Waals surface area contributed by atoms with Gasteiger partial charge in [0.05, 0.1) is 17.8 Å². The number of rotatable bonds is 10. The number of nitrogens with zero attached hydrogens (tertiary/aromatic N) is 2. The lowest BCUT2D eigenvalue weighted by Crippen LogP contribution is -2.60. The molecule has 53 heavy (non-hydrogen) atoms. The highest BCUT2D eigenvalue weighted by atomic mass is 16.7. The summed E-state index contributed by atoms with van der Waals surface area (Å²) in [5.74, 6) is -2.42. The average molecular weight is 745 g/mol.